The Bertz CT molecular complexity index is 1150. The Hall–Kier alpha value is -4.22. The van der Waals surface area contributed by atoms with Crippen molar-refractivity contribution in [1.82, 2.24) is 9.97 Å². The lowest BCUT2D eigenvalue weighted by Gasteiger charge is -2.15. The number of para-hydroxylation sites is 2. The lowest BCUT2D eigenvalue weighted by Crippen LogP contribution is -2.12. The first kappa shape index (κ1) is 22.5. The van der Waals surface area contributed by atoms with Gasteiger partial charge >= 0.3 is 17.8 Å². The van der Waals surface area contributed by atoms with E-state index in [1.807, 2.05) is 0 Å². The van der Waals surface area contributed by atoms with E-state index in [0.29, 0.717) is 0 Å². The Morgan fingerprint density at radius 3 is 2.19 bits per heavy atom. The van der Waals surface area contributed by atoms with Crippen LogP contribution in [-0.4, -0.2) is 27.5 Å². The largest absolute Gasteiger partial charge is 0.462 e. The standard InChI is InChI=1S/C20H16F3N5O4/c1-2-32-19(29)12-7-3-5-9-14(12)26-17-16(28(30)31)18(25-11-24-17)27-15-10-6-4-8-13(15)20(21,22)23/h3-11H,2H2,1H3,(H2,24,25,26,27). The van der Waals surface area contributed by atoms with E-state index in [2.05, 4.69) is 20.6 Å². The number of carbonyl (C=O) groups excluding carboxylic acids is 1. The SMILES string of the molecule is CCOC(=O)c1ccccc1Nc1ncnc(Nc2ccccc2C(F)(F)F)c1[N+](=O)[O-]. The molecule has 0 saturated carbocycles. The van der Waals surface area contributed by atoms with Crippen molar-refractivity contribution in [3.63, 3.8) is 0 Å². The molecule has 9 nitrogen and oxygen atoms in total. The number of ether oxygens (including phenoxy) is 1. The van der Waals surface area contributed by atoms with Gasteiger partial charge in [0.2, 0.25) is 11.6 Å². The van der Waals surface area contributed by atoms with Crippen molar-refractivity contribution in [3.8, 4) is 0 Å². The van der Waals surface area contributed by atoms with Gasteiger partial charge in [-0.3, -0.25) is 10.1 Å². The predicted molar refractivity (Wildman–Crippen MR) is 109 cm³/mol. The van der Waals surface area contributed by atoms with Crippen LogP contribution < -0.4 is 10.6 Å². The molecule has 0 unspecified atom stereocenters. The normalized spacial score (nSPS) is 11.0. The quantitative estimate of drug-likeness (QED) is 0.293. The summed E-state index contributed by atoms with van der Waals surface area (Å²) in [4.78, 5) is 30.7. The zero-order valence-corrected chi connectivity index (χ0v) is 16.5. The minimum Gasteiger partial charge on any atom is -0.462 e. The minimum absolute atomic E-state index is 0.0965. The number of hydrogen-bond donors (Lipinski definition) is 2. The lowest BCUT2D eigenvalue weighted by atomic mass is 10.1. The molecule has 3 rings (SSSR count). The van der Waals surface area contributed by atoms with Crippen LogP contribution in [0.3, 0.4) is 0 Å². The van der Waals surface area contributed by atoms with Crippen LogP contribution in [0, 0.1) is 10.1 Å². The molecule has 0 bridgehead atoms. The Balaban J connectivity index is 2.03. The number of halogens is 3. The monoisotopic (exact) mass is 447 g/mol. The summed E-state index contributed by atoms with van der Waals surface area (Å²) in [5.74, 6) is -1.45. The second-order valence-electron chi connectivity index (χ2n) is 6.24. The highest BCUT2D eigenvalue weighted by Crippen LogP contribution is 2.38. The van der Waals surface area contributed by atoms with Crippen molar-refractivity contribution in [2.24, 2.45) is 0 Å². The number of rotatable bonds is 7. The van der Waals surface area contributed by atoms with E-state index in [4.69, 9.17) is 4.74 Å². The maximum absolute atomic E-state index is 13.3. The molecule has 2 N–H and O–H groups in total. The summed E-state index contributed by atoms with van der Waals surface area (Å²) in [5, 5.41) is 16.8. The van der Waals surface area contributed by atoms with Crippen molar-refractivity contribution in [3.05, 3.63) is 76.1 Å². The molecule has 2 aromatic carbocycles. The summed E-state index contributed by atoms with van der Waals surface area (Å²) in [6.45, 7) is 1.74. The summed E-state index contributed by atoms with van der Waals surface area (Å²) >= 11 is 0. The molecule has 0 spiro atoms. The van der Waals surface area contributed by atoms with Crippen molar-refractivity contribution in [2.75, 3.05) is 17.2 Å². The molecular weight excluding hydrogens is 431 g/mol. The van der Waals surface area contributed by atoms with Crippen molar-refractivity contribution >= 4 is 34.7 Å². The van der Waals surface area contributed by atoms with Gasteiger partial charge in [0.05, 0.1) is 34.0 Å². The molecule has 1 aromatic heterocycles. The average Bonchev–Trinajstić information content (AvgIpc) is 2.74. The number of nitrogens with one attached hydrogen (secondary N) is 2. The number of nitrogens with zero attached hydrogens (tertiary/aromatic N) is 3. The topological polar surface area (TPSA) is 119 Å². The molecule has 0 amide bonds. The molecule has 12 heteroatoms. The Morgan fingerprint density at radius 2 is 1.59 bits per heavy atom. The third-order valence-electron chi connectivity index (χ3n) is 4.17. The smallest absolute Gasteiger partial charge is 0.418 e. The Labute approximate surface area is 179 Å². The minimum atomic E-state index is -4.69. The first-order valence-corrected chi connectivity index (χ1v) is 9.18. The number of carbonyl (C=O) groups is 1. The molecule has 1 heterocycles. The summed E-state index contributed by atoms with van der Waals surface area (Å²) in [6, 6.07) is 10.6. The highest BCUT2D eigenvalue weighted by Gasteiger charge is 2.34. The van der Waals surface area contributed by atoms with E-state index in [-0.39, 0.29) is 23.7 Å². The zero-order chi connectivity index (χ0) is 23.3. The summed E-state index contributed by atoms with van der Waals surface area (Å²) in [5.41, 5.74) is -1.88. The maximum Gasteiger partial charge on any atom is 0.418 e. The maximum atomic E-state index is 13.3. The van der Waals surface area contributed by atoms with Gasteiger partial charge in [0, 0.05) is 0 Å². The molecule has 166 valence electrons. The van der Waals surface area contributed by atoms with Gasteiger partial charge in [0.25, 0.3) is 0 Å². The fourth-order valence-electron chi connectivity index (χ4n) is 2.81. The molecule has 0 radical (unpaired) electrons. The number of alkyl halides is 3. The summed E-state index contributed by atoms with van der Waals surface area (Å²) in [6.07, 6.45) is -3.74. The fourth-order valence-corrected chi connectivity index (χ4v) is 2.81. The molecule has 0 fully saturated rings. The molecule has 0 saturated heterocycles. The number of aromatic nitrogens is 2. The molecule has 0 atom stereocenters. The van der Waals surface area contributed by atoms with E-state index in [0.717, 1.165) is 18.5 Å². The number of nitro groups is 1. The van der Waals surface area contributed by atoms with Gasteiger partial charge in [-0.05, 0) is 31.2 Å². The molecule has 3 aromatic rings. The zero-order valence-electron chi connectivity index (χ0n) is 16.5. The Kier molecular flexibility index (Phi) is 6.52. The number of hydrogen-bond acceptors (Lipinski definition) is 8. The van der Waals surface area contributed by atoms with Crippen LogP contribution in [0.25, 0.3) is 0 Å². The summed E-state index contributed by atoms with van der Waals surface area (Å²) < 4.78 is 44.9. The second kappa shape index (κ2) is 9.29. The number of anilines is 4. The van der Waals surface area contributed by atoms with Crippen molar-refractivity contribution in [2.45, 2.75) is 13.1 Å². The molecule has 32 heavy (non-hydrogen) atoms. The van der Waals surface area contributed by atoms with Crippen LogP contribution >= 0.6 is 0 Å². The van der Waals surface area contributed by atoms with Crippen LogP contribution in [-0.2, 0) is 10.9 Å². The number of esters is 1. The first-order valence-electron chi connectivity index (χ1n) is 9.18. The van der Waals surface area contributed by atoms with Gasteiger partial charge < -0.3 is 15.4 Å². The number of benzene rings is 2. The fraction of sp³-hybridized carbons (Fsp3) is 0.150. The highest BCUT2D eigenvalue weighted by atomic mass is 19.4. The van der Waals surface area contributed by atoms with E-state index >= 15 is 0 Å². The van der Waals surface area contributed by atoms with Crippen molar-refractivity contribution in [1.29, 1.82) is 0 Å². The molecular formula is C20H16F3N5O4. The highest BCUT2D eigenvalue weighted by molar-refractivity contribution is 5.97. The van der Waals surface area contributed by atoms with Gasteiger partial charge in [-0.25, -0.2) is 14.8 Å². The predicted octanol–water partition coefficient (Wildman–Crippen LogP) is 5.07. The van der Waals surface area contributed by atoms with E-state index < -0.39 is 39.8 Å². The van der Waals surface area contributed by atoms with Crippen LogP contribution in [0.1, 0.15) is 22.8 Å². The third-order valence-corrected chi connectivity index (χ3v) is 4.17. The first-order chi connectivity index (χ1) is 15.2. The Morgan fingerprint density at radius 1 is 1.03 bits per heavy atom. The van der Waals surface area contributed by atoms with Crippen molar-refractivity contribution < 1.29 is 27.6 Å². The second-order valence-corrected chi connectivity index (χ2v) is 6.24. The van der Waals surface area contributed by atoms with Gasteiger partial charge in [0.1, 0.15) is 6.33 Å². The van der Waals surface area contributed by atoms with Crippen LogP contribution in [0.2, 0.25) is 0 Å². The summed E-state index contributed by atoms with van der Waals surface area (Å²) in [7, 11) is 0. The molecule has 0 aliphatic carbocycles. The van der Waals surface area contributed by atoms with Gasteiger partial charge in [-0.15, -0.1) is 0 Å². The van der Waals surface area contributed by atoms with E-state index in [1.165, 1.54) is 24.3 Å². The van der Waals surface area contributed by atoms with Gasteiger partial charge in [-0.2, -0.15) is 13.2 Å². The average molecular weight is 447 g/mol. The lowest BCUT2D eigenvalue weighted by molar-refractivity contribution is -0.383. The van der Waals surface area contributed by atoms with E-state index in [9.17, 15) is 28.1 Å². The van der Waals surface area contributed by atoms with Crippen LogP contribution in [0.15, 0.2) is 54.9 Å². The van der Waals surface area contributed by atoms with E-state index in [1.54, 1.807) is 19.1 Å². The van der Waals surface area contributed by atoms with Crippen LogP contribution in [0.5, 0.6) is 0 Å². The van der Waals surface area contributed by atoms with Gasteiger partial charge in [-0.1, -0.05) is 24.3 Å². The van der Waals surface area contributed by atoms with Gasteiger partial charge in [0.15, 0.2) is 0 Å². The molecule has 0 aliphatic heterocycles. The molecule has 0 aliphatic rings. The third kappa shape index (κ3) is 4.91. The van der Waals surface area contributed by atoms with Crippen LogP contribution in [0.4, 0.5) is 41.9 Å².